The van der Waals surface area contributed by atoms with Gasteiger partial charge in [-0.1, -0.05) is 18.2 Å². The Balaban J connectivity index is 2.11. The lowest BCUT2D eigenvalue weighted by atomic mass is 10.2. The molecule has 1 heterocycles. The van der Waals surface area contributed by atoms with E-state index in [1.165, 1.54) is 0 Å². The Morgan fingerprint density at radius 3 is 2.74 bits per heavy atom. The van der Waals surface area contributed by atoms with Crippen LogP contribution in [0.4, 0.5) is 10.5 Å². The van der Waals surface area contributed by atoms with Gasteiger partial charge in [-0.25, -0.2) is 13.2 Å². The highest BCUT2D eigenvalue weighted by Crippen LogP contribution is 2.22. The third kappa shape index (κ3) is 4.03. The van der Waals surface area contributed by atoms with Gasteiger partial charge in [0.05, 0.1) is 17.6 Å². The number of carbonyl (C=O) groups is 1. The summed E-state index contributed by atoms with van der Waals surface area (Å²) in [5.41, 5.74) is 1.59. The van der Waals surface area contributed by atoms with E-state index < -0.39 is 15.1 Å². The van der Waals surface area contributed by atoms with Gasteiger partial charge in [0.15, 0.2) is 9.84 Å². The van der Waals surface area contributed by atoms with E-state index in [1.807, 2.05) is 31.2 Å². The molecule has 1 aliphatic rings. The third-order valence-corrected chi connectivity index (χ3v) is 6.61. The number of rotatable bonds is 4. The lowest BCUT2D eigenvalue weighted by Gasteiger charge is -2.37. The largest absolute Gasteiger partial charge is 0.377 e. The van der Waals surface area contributed by atoms with Crippen molar-refractivity contribution in [2.45, 2.75) is 38.7 Å². The summed E-state index contributed by atoms with van der Waals surface area (Å²) >= 11 is 0. The molecule has 1 fully saturated rings. The standard InChI is InChI=1S/C16H24N2O4S/c1-4-22-11-14-7-5-6-8-15(14)17-16(19)18-9-10-23(20,21)13(3)12(18)2/h5-8,12-13H,4,9-11H2,1-3H3,(H,17,19)/t12-,13-/m0/s1. The van der Waals surface area contributed by atoms with Gasteiger partial charge in [0.25, 0.3) is 0 Å². The lowest BCUT2D eigenvalue weighted by molar-refractivity contribution is 0.134. The van der Waals surface area contributed by atoms with Crippen LogP contribution in [0.25, 0.3) is 0 Å². The number of anilines is 1. The van der Waals surface area contributed by atoms with Crippen LogP contribution in [0.3, 0.4) is 0 Å². The molecule has 0 unspecified atom stereocenters. The second kappa shape index (κ2) is 7.31. The van der Waals surface area contributed by atoms with Gasteiger partial charge in [-0.05, 0) is 26.8 Å². The van der Waals surface area contributed by atoms with Crippen molar-refractivity contribution in [2.75, 3.05) is 24.2 Å². The zero-order valence-electron chi connectivity index (χ0n) is 13.8. The number of sulfone groups is 1. The minimum absolute atomic E-state index is 0.00647. The number of ether oxygens (including phenoxy) is 1. The first kappa shape index (κ1) is 17.7. The molecule has 0 radical (unpaired) electrons. The number of benzene rings is 1. The Labute approximate surface area is 137 Å². The summed E-state index contributed by atoms with van der Waals surface area (Å²) in [5, 5.41) is 2.32. The second-order valence-corrected chi connectivity index (χ2v) is 8.21. The number of carbonyl (C=O) groups excluding carboxylic acids is 1. The normalized spacial score (nSPS) is 23.5. The van der Waals surface area contributed by atoms with Gasteiger partial charge in [0, 0.05) is 30.4 Å². The molecule has 0 bridgehead atoms. The van der Waals surface area contributed by atoms with Crippen molar-refractivity contribution in [1.29, 1.82) is 0 Å². The molecule has 0 saturated carbocycles. The number of nitrogens with one attached hydrogen (secondary N) is 1. The van der Waals surface area contributed by atoms with E-state index >= 15 is 0 Å². The minimum Gasteiger partial charge on any atom is -0.377 e. The maximum atomic E-state index is 12.5. The molecule has 1 aromatic carbocycles. The van der Waals surface area contributed by atoms with Crippen LogP contribution < -0.4 is 5.32 Å². The van der Waals surface area contributed by atoms with Crippen molar-refractivity contribution in [1.82, 2.24) is 4.90 Å². The summed E-state index contributed by atoms with van der Waals surface area (Å²) in [4.78, 5) is 14.1. The fraction of sp³-hybridized carbons (Fsp3) is 0.562. The van der Waals surface area contributed by atoms with Crippen molar-refractivity contribution in [3.8, 4) is 0 Å². The van der Waals surface area contributed by atoms with Gasteiger partial charge in [-0.2, -0.15) is 0 Å². The lowest BCUT2D eigenvalue weighted by Crippen LogP contribution is -2.55. The predicted octanol–water partition coefficient (Wildman–Crippen LogP) is 2.26. The van der Waals surface area contributed by atoms with Crippen molar-refractivity contribution < 1.29 is 17.9 Å². The first-order chi connectivity index (χ1) is 10.9. The van der Waals surface area contributed by atoms with Crippen LogP contribution in [0.15, 0.2) is 24.3 Å². The summed E-state index contributed by atoms with van der Waals surface area (Å²) in [6, 6.07) is 6.83. The summed E-state index contributed by atoms with van der Waals surface area (Å²) in [5.74, 6) is 0.00647. The van der Waals surface area contributed by atoms with E-state index in [0.29, 0.717) is 18.9 Å². The quantitative estimate of drug-likeness (QED) is 0.912. The maximum absolute atomic E-state index is 12.5. The highest BCUT2D eigenvalue weighted by Gasteiger charge is 2.38. The Morgan fingerprint density at radius 2 is 2.04 bits per heavy atom. The summed E-state index contributed by atoms with van der Waals surface area (Å²) in [6.07, 6.45) is 0. The van der Waals surface area contributed by atoms with Crippen molar-refractivity contribution >= 4 is 21.6 Å². The van der Waals surface area contributed by atoms with Crippen LogP contribution in [0, 0.1) is 0 Å². The second-order valence-electron chi connectivity index (χ2n) is 5.73. The molecule has 1 aliphatic heterocycles. The van der Waals surface area contributed by atoms with Gasteiger partial charge in [0.1, 0.15) is 0 Å². The first-order valence-corrected chi connectivity index (χ1v) is 9.53. The monoisotopic (exact) mass is 340 g/mol. The molecular weight excluding hydrogens is 316 g/mol. The molecule has 0 aromatic heterocycles. The Hall–Kier alpha value is -1.60. The summed E-state index contributed by atoms with van der Waals surface area (Å²) < 4.78 is 29.2. The molecule has 1 N–H and O–H groups in total. The SMILES string of the molecule is CCOCc1ccccc1NC(=O)N1CCS(=O)(=O)[C@@H](C)[C@@H]1C. The van der Waals surface area contributed by atoms with E-state index in [-0.39, 0.29) is 24.4 Å². The molecule has 2 rings (SSSR count). The molecule has 2 amide bonds. The van der Waals surface area contributed by atoms with E-state index in [9.17, 15) is 13.2 Å². The van der Waals surface area contributed by atoms with Crippen LogP contribution in [0.1, 0.15) is 26.3 Å². The molecule has 23 heavy (non-hydrogen) atoms. The predicted molar refractivity (Wildman–Crippen MR) is 90.2 cm³/mol. The van der Waals surface area contributed by atoms with E-state index in [4.69, 9.17) is 4.74 Å². The molecule has 6 nitrogen and oxygen atoms in total. The van der Waals surface area contributed by atoms with Crippen molar-refractivity contribution in [2.24, 2.45) is 0 Å². The third-order valence-electron chi connectivity index (χ3n) is 4.34. The number of hydrogen-bond acceptors (Lipinski definition) is 4. The topological polar surface area (TPSA) is 75.7 Å². The van der Waals surface area contributed by atoms with E-state index in [2.05, 4.69) is 5.32 Å². The number of nitrogens with zero attached hydrogens (tertiary/aromatic N) is 1. The zero-order valence-corrected chi connectivity index (χ0v) is 14.6. The number of para-hydroxylation sites is 1. The average Bonchev–Trinajstić information content (AvgIpc) is 2.52. The zero-order chi connectivity index (χ0) is 17.0. The smallest absolute Gasteiger partial charge is 0.322 e. The molecule has 1 saturated heterocycles. The van der Waals surface area contributed by atoms with Crippen LogP contribution in [0.2, 0.25) is 0 Å². The Morgan fingerprint density at radius 1 is 1.35 bits per heavy atom. The summed E-state index contributed by atoms with van der Waals surface area (Å²) in [7, 11) is -3.11. The molecule has 0 spiro atoms. The molecule has 0 aliphatic carbocycles. The van der Waals surface area contributed by atoms with E-state index in [0.717, 1.165) is 5.56 Å². The molecular formula is C16H24N2O4S. The van der Waals surface area contributed by atoms with Gasteiger partial charge < -0.3 is 15.0 Å². The maximum Gasteiger partial charge on any atom is 0.322 e. The van der Waals surface area contributed by atoms with Crippen molar-refractivity contribution in [3.63, 3.8) is 0 Å². The highest BCUT2D eigenvalue weighted by molar-refractivity contribution is 7.92. The Kier molecular flexibility index (Phi) is 5.64. The summed E-state index contributed by atoms with van der Waals surface area (Å²) in [6.45, 7) is 6.58. The minimum atomic E-state index is -3.11. The molecule has 7 heteroatoms. The van der Waals surface area contributed by atoms with Gasteiger partial charge >= 0.3 is 6.03 Å². The van der Waals surface area contributed by atoms with Crippen LogP contribution in [-0.4, -0.2) is 49.5 Å². The number of amides is 2. The first-order valence-electron chi connectivity index (χ1n) is 7.81. The van der Waals surface area contributed by atoms with Gasteiger partial charge in [-0.15, -0.1) is 0 Å². The number of hydrogen-bond donors (Lipinski definition) is 1. The van der Waals surface area contributed by atoms with Crippen LogP contribution >= 0.6 is 0 Å². The highest BCUT2D eigenvalue weighted by atomic mass is 32.2. The molecule has 1 aromatic rings. The fourth-order valence-electron chi connectivity index (χ4n) is 2.62. The van der Waals surface area contributed by atoms with Crippen molar-refractivity contribution in [3.05, 3.63) is 29.8 Å². The molecule has 128 valence electrons. The van der Waals surface area contributed by atoms with Crippen LogP contribution in [-0.2, 0) is 21.2 Å². The average molecular weight is 340 g/mol. The van der Waals surface area contributed by atoms with E-state index in [1.54, 1.807) is 18.7 Å². The fourth-order valence-corrected chi connectivity index (χ4v) is 4.19. The Bertz CT molecular complexity index is 660. The van der Waals surface area contributed by atoms with Gasteiger partial charge in [0.2, 0.25) is 0 Å². The molecule has 2 atom stereocenters. The van der Waals surface area contributed by atoms with Gasteiger partial charge in [-0.3, -0.25) is 0 Å². The van der Waals surface area contributed by atoms with Crippen LogP contribution in [0.5, 0.6) is 0 Å². The number of urea groups is 1.